The third-order valence-electron chi connectivity index (χ3n) is 5.45. The van der Waals surface area contributed by atoms with Gasteiger partial charge >= 0.3 is 0 Å². The maximum atomic E-state index is 6.27. The SMILES string of the molecule is COCCNC(=S)N1CCc2cc(OC)c(OC)cc2[C@H]1COc1cc(C)cc(C)c1. The number of benzene rings is 2. The van der Waals surface area contributed by atoms with Crippen LogP contribution in [-0.4, -0.2) is 57.6 Å². The molecule has 0 aliphatic carbocycles. The predicted octanol–water partition coefficient (Wildman–Crippen LogP) is 3.82. The van der Waals surface area contributed by atoms with Crippen molar-refractivity contribution in [3.8, 4) is 17.2 Å². The van der Waals surface area contributed by atoms with Gasteiger partial charge in [0.25, 0.3) is 0 Å². The van der Waals surface area contributed by atoms with Crippen molar-refractivity contribution in [2.24, 2.45) is 0 Å². The highest BCUT2D eigenvalue weighted by atomic mass is 32.1. The summed E-state index contributed by atoms with van der Waals surface area (Å²) in [5, 5.41) is 4.00. The van der Waals surface area contributed by atoms with E-state index >= 15 is 0 Å². The van der Waals surface area contributed by atoms with E-state index in [0.717, 1.165) is 30.0 Å². The van der Waals surface area contributed by atoms with Gasteiger partial charge in [0.2, 0.25) is 0 Å². The molecule has 6 nitrogen and oxygen atoms in total. The van der Waals surface area contributed by atoms with Gasteiger partial charge < -0.3 is 29.2 Å². The molecule has 0 saturated carbocycles. The van der Waals surface area contributed by atoms with Crippen LogP contribution < -0.4 is 19.5 Å². The molecule has 2 aromatic rings. The lowest BCUT2D eigenvalue weighted by molar-refractivity contribution is 0.182. The lowest BCUT2D eigenvalue weighted by Gasteiger charge is -2.39. The van der Waals surface area contributed by atoms with E-state index in [9.17, 15) is 0 Å². The molecule has 0 aromatic heterocycles. The van der Waals surface area contributed by atoms with Crippen molar-refractivity contribution in [1.29, 1.82) is 0 Å². The zero-order valence-electron chi connectivity index (χ0n) is 19.0. The van der Waals surface area contributed by atoms with Crippen molar-refractivity contribution in [2.45, 2.75) is 26.3 Å². The Morgan fingerprint density at radius 2 is 1.71 bits per heavy atom. The van der Waals surface area contributed by atoms with Crippen LogP contribution in [0.2, 0.25) is 0 Å². The molecule has 168 valence electrons. The Morgan fingerprint density at radius 1 is 1.03 bits per heavy atom. The van der Waals surface area contributed by atoms with E-state index in [1.165, 1.54) is 16.7 Å². The first-order valence-corrected chi connectivity index (χ1v) is 10.9. The summed E-state index contributed by atoms with van der Waals surface area (Å²) in [6.07, 6.45) is 0.863. The summed E-state index contributed by atoms with van der Waals surface area (Å²) in [5.41, 5.74) is 4.73. The van der Waals surface area contributed by atoms with Gasteiger partial charge in [-0.2, -0.15) is 0 Å². The first kappa shape index (κ1) is 23.2. The highest BCUT2D eigenvalue weighted by Crippen LogP contribution is 2.38. The average Bonchev–Trinajstić information content (AvgIpc) is 2.75. The number of aryl methyl sites for hydroxylation is 2. The maximum absolute atomic E-state index is 6.27. The van der Waals surface area contributed by atoms with Crippen LogP contribution in [0.3, 0.4) is 0 Å². The smallest absolute Gasteiger partial charge is 0.169 e. The van der Waals surface area contributed by atoms with Gasteiger partial charge in [-0.15, -0.1) is 0 Å². The average molecular weight is 445 g/mol. The Hall–Kier alpha value is -2.51. The van der Waals surface area contributed by atoms with Crippen molar-refractivity contribution in [3.05, 3.63) is 52.6 Å². The highest BCUT2D eigenvalue weighted by molar-refractivity contribution is 7.80. The third kappa shape index (κ3) is 5.60. The summed E-state index contributed by atoms with van der Waals surface area (Å²) < 4.78 is 22.5. The summed E-state index contributed by atoms with van der Waals surface area (Å²) in [7, 11) is 5.00. The van der Waals surface area contributed by atoms with Crippen LogP contribution in [0.4, 0.5) is 0 Å². The minimum Gasteiger partial charge on any atom is -0.493 e. The van der Waals surface area contributed by atoms with E-state index in [2.05, 4.69) is 48.3 Å². The van der Waals surface area contributed by atoms with Crippen LogP contribution in [0.25, 0.3) is 0 Å². The van der Waals surface area contributed by atoms with Gasteiger partial charge in [-0.25, -0.2) is 0 Å². The molecule has 7 heteroatoms. The van der Waals surface area contributed by atoms with Gasteiger partial charge in [0.15, 0.2) is 16.6 Å². The maximum Gasteiger partial charge on any atom is 0.169 e. The van der Waals surface area contributed by atoms with E-state index in [-0.39, 0.29) is 6.04 Å². The van der Waals surface area contributed by atoms with Crippen LogP contribution in [0.15, 0.2) is 30.3 Å². The van der Waals surface area contributed by atoms with E-state index in [1.807, 2.05) is 6.07 Å². The fraction of sp³-hybridized carbons (Fsp3) is 0.458. The Morgan fingerprint density at radius 3 is 2.35 bits per heavy atom. The summed E-state index contributed by atoms with van der Waals surface area (Å²) in [6, 6.07) is 10.3. The molecule has 0 saturated heterocycles. The minimum atomic E-state index is -0.0491. The third-order valence-corrected chi connectivity index (χ3v) is 5.83. The Kier molecular flexibility index (Phi) is 7.98. The van der Waals surface area contributed by atoms with Gasteiger partial charge in [0.05, 0.1) is 26.9 Å². The summed E-state index contributed by atoms with van der Waals surface area (Å²) in [6.45, 7) is 6.68. The van der Waals surface area contributed by atoms with E-state index in [0.29, 0.717) is 30.6 Å². The van der Waals surface area contributed by atoms with Crippen molar-refractivity contribution < 1.29 is 18.9 Å². The van der Waals surface area contributed by atoms with Gasteiger partial charge in [0, 0.05) is 20.2 Å². The molecule has 1 heterocycles. The van der Waals surface area contributed by atoms with E-state index in [1.54, 1.807) is 21.3 Å². The first-order valence-electron chi connectivity index (χ1n) is 10.5. The molecule has 0 spiro atoms. The zero-order valence-corrected chi connectivity index (χ0v) is 19.8. The standard InChI is InChI=1S/C24H32N2O4S/c1-16-10-17(2)12-19(11-16)30-15-21-20-14-23(29-5)22(28-4)13-18(20)6-8-26(21)24(31)25-7-9-27-3/h10-14,21H,6-9,15H2,1-5H3,(H,25,31)/t21-/m1/s1. The molecule has 0 fully saturated rings. The quantitative estimate of drug-likeness (QED) is 0.491. The molecule has 1 aliphatic rings. The van der Waals surface area contributed by atoms with Crippen LogP contribution >= 0.6 is 12.2 Å². The molecule has 1 N–H and O–H groups in total. The van der Waals surface area contributed by atoms with Gasteiger partial charge in [-0.05, 0) is 79.0 Å². The van der Waals surface area contributed by atoms with Crippen LogP contribution in [0.1, 0.15) is 28.3 Å². The monoisotopic (exact) mass is 444 g/mol. The number of hydrogen-bond acceptors (Lipinski definition) is 5. The van der Waals surface area contributed by atoms with Crippen molar-refractivity contribution in [1.82, 2.24) is 10.2 Å². The number of methoxy groups -OCH3 is 3. The number of rotatable bonds is 8. The topological polar surface area (TPSA) is 52.2 Å². The Labute approximate surface area is 190 Å². The summed E-state index contributed by atoms with van der Waals surface area (Å²) in [5.74, 6) is 2.31. The zero-order chi connectivity index (χ0) is 22.4. The fourth-order valence-corrected chi connectivity index (χ4v) is 4.32. The number of fused-ring (bicyclic) bond motifs is 1. The Bertz CT molecular complexity index is 898. The largest absolute Gasteiger partial charge is 0.493 e. The lowest BCUT2D eigenvalue weighted by Crippen LogP contribution is -2.47. The van der Waals surface area contributed by atoms with Crippen LogP contribution in [-0.2, 0) is 11.2 Å². The number of nitrogens with zero attached hydrogens (tertiary/aromatic N) is 1. The molecular weight excluding hydrogens is 412 g/mol. The molecule has 2 aromatic carbocycles. The van der Waals surface area contributed by atoms with E-state index in [4.69, 9.17) is 31.2 Å². The van der Waals surface area contributed by atoms with Crippen LogP contribution in [0.5, 0.6) is 17.2 Å². The number of nitrogens with one attached hydrogen (secondary N) is 1. The van der Waals surface area contributed by atoms with Gasteiger partial charge in [0.1, 0.15) is 12.4 Å². The number of hydrogen-bond donors (Lipinski definition) is 1. The van der Waals surface area contributed by atoms with Crippen LogP contribution in [0, 0.1) is 13.8 Å². The molecule has 0 radical (unpaired) electrons. The van der Waals surface area contributed by atoms with Crippen molar-refractivity contribution >= 4 is 17.3 Å². The minimum absolute atomic E-state index is 0.0491. The number of ether oxygens (including phenoxy) is 4. The molecule has 31 heavy (non-hydrogen) atoms. The predicted molar refractivity (Wildman–Crippen MR) is 127 cm³/mol. The summed E-state index contributed by atoms with van der Waals surface area (Å²) >= 11 is 5.72. The lowest BCUT2D eigenvalue weighted by atomic mass is 9.92. The normalized spacial score (nSPS) is 15.3. The Balaban J connectivity index is 1.90. The van der Waals surface area contributed by atoms with Gasteiger partial charge in [-0.3, -0.25) is 0 Å². The van der Waals surface area contributed by atoms with Gasteiger partial charge in [-0.1, -0.05) is 6.07 Å². The van der Waals surface area contributed by atoms with E-state index < -0.39 is 0 Å². The molecule has 0 amide bonds. The fourth-order valence-electron chi connectivity index (χ4n) is 4.00. The molecule has 3 rings (SSSR count). The second-order valence-corrected chi connectivity index (χ2v) is 8.11. The second kappa shape index (κ2) is 10.7. The summed E-state index contributed by atoms with van der Waals surface area (Å²) in [4.78, 5) is 2.20. The molecule has 0 bridgehead atoms. The molecular formula is C24H32N2O4S. The highest BCUT2D eigenvalue weighted by Gasteiger charge is 2.31. The first-order chi connectivity index (χ1) is 15.0. The van der Waals surface area contributed by atoms with Crippen molar-refractivity contribution in [3.63, 3.8) is 0 Å². The molecule has 1 atom stereocenters. The second-order valence-electron chi connectivity index (χ2n) is 7.72. The van der Waals surface area contributed by atoms with Crippen molar-refractivity contribution in [2.75, 3.05) is 47.6 Å². The molecule has 0 unspecified atom stereocenters. The molecule has 1 aliphatic heterocycles. The number of thiocarbonyl (C=S) groups is 1.